The largest absolute Gasteiger partial charge is 0.493 e. The summed E-state index contributed by atoms with van der Waals surface area (Å²) in [5.74, 6) is 0.920. The highest BCUT2D eigenvalue weighted by atomic mass is 31.2. The quantitative estimate of drug-likeness (QED) is 0.721. The highest BCUT2D eigenvalue weighted by molar-refractivity contribution is 7.51. The lowest BCUT2D eigenvalue weighted by atomic mass is 10.2. The van der Waals surface area contributed by atoms with E-state index in [2.05, 4.69) is 0 Å². The summed E-state index contributed by atoms with van der Waals surface area (Å²) in [5, 5.41) is 0. The third-order valence-corrected chi connectivity index (χ3v) is 2.82. The van der Waals surface area contributed by atoms with Crippen molar-refractivity contribution in [2.75, 3.05) is 7.11 Å². The average molecular weight is 215 g/mol. The molecule has 0 fully saturated rings. The predicted molar refractivity (Wildman–Crippen MR) is 50.2 cm³/mol. The van der Waals surface area contributed by atoms with E-state index in [9.17, 15) is 4.57 Å². The van der Waals surface area contributed by atoms with Crippen molar-refractivity contribution in [3.05, 3.63) is 23.8 Å². The van der Waals surface area contributed by atoms with E-state index in [0.717, 1.165) is 5.56 Å². The van der Waals surface area contributed by atoms with Gasteiger partial charge in [0.2, 0.25) is 0 Å². The van der Waals surface area contributed by atoms with Crippen LogP contribution in [0.1, 0.15) is 5.56 Å². The van der Waals surface area contributed by atoms with Crippen molar-refractivity contribution in [3.8, 4) is 11.5 Å². The average Bonchev–Trinajstić information content (AvgIpc) is 2.15. The molecule has 0 aromatic heterocycles. The Bertz CT molecular complexity index is 392. The number of para-hydroxylation sites is 1. The van der Waals surface area contributed by atoms with E-state index in [-0.39, 0.29) is 6.61 Å². The van der Waals surface area contributed by atoms with Gasteiger partial charge in [0.1, 0.15) is 0 Å². The Hall–Kier alpha value is -1.03. The second kappa shape index (κ2) is 3.28. The van der Waals surface area contributed by atoms with Crippen LogP contribution >= 0.6 is 7.75 Å². The number of rotatable bonds is 1. The molecule has 0 bridgehead atoms. The van der Waals surface area contributed by atoms with Crippen LogP contribution in [0.5, 0.6) is 11.5 Å². The Morgan fingerprint density at radius 2 is 2.36 bits per heavy atom. The van der Waals surface area contributed by atoms with Gasteiger partial charge in [-0.2, -0.15) is 0 Å². The molecular formula is C8H10NO4P. The van der Waals surface area contributed by atoms with Crippen molar-refractivity contribution in [2.24, 2.45) is 5.50 Å². The second-order valence-corrected chi connectivity index (χ2v) is 4.37. The maximum Gasteiger partial charge on any atom is 0.456 e. The minimum Gasteiger partial charge on any atom is -0.493 e. The summed E-state index contributed by atoms with van der Waals surface area (Å²) in [5.41, 5.74) is 6.05. The van der Waals surface area contributed by atoms with Gasteiger partial charge in [-0.05, 0) is 6.07 Å². The molecule has 1 atom stereocenters. The molecule has 0 saturated carbocycles. The lowest BCUT2D eigenvalue weighted by Gasteiger charge is -2.23. The van der Waals surface area contributed by atoms with Gasteiger partial charge in [0.05, 0.1) is 13.7 Å². The van der Waals surface area contributed by atoms with Gasteiger partial charge in [0, 0.05) is 5.56 Å². The fourth-order valence-corrected chi connectivity index (χ4v) is 2.09. The van der Waals surface area contributed by atoms with Crippen molar-refractivity contribution >= 4 is 7.75 Å². The molecule has 1 heterocycles. The molecule has 1 aromatic carbocycles. The van der Waals surface area contributed by atoms with Crippen molar-refractivity contribution < 1.29 is 18.3 Å². The van der Waals surface area contributed by atoms with Crippen molar-refractivity contribution in [3.63, 3.8) is 0 Å². The molecule has 2 N–H and O–H groups in total. The van der Waals surface area contributed by atoms with E-state index in [1.165, 1.54) is 7.11 Å². The Labute approximate surface area is 81.4 Å². The topological polar surface area (TPSA) is 70.8 Å². The highest BCUT2D eigenvalue weighted by Gasteiger charge is 2.29. The van der Waals surface area contributed by atoms with Gasteiger partial charge >= 0.3 is 7.75 Å². The fourth-order valence-electron chi connectivity index (χ4n) is 1.25. The summed E-state index contributed by atoms with van der Waals surface area (Å²) in [6, 6.07) is 5.32. The SMILES string of the molecule is COc1cccc2c1OP(N)(=O)OC2. The third-order valence-electron chi connectivity index (χ3n) is 1.90. The van der Waals surface area contributed by atoms with Crippen LogP contribution in [0.3, 0.4) is 0 Å². The summed E-state index contributed by atoms with van der Waals surface area (Å²) in [7, 11) is -1.93. The number of methoxy groups -OCH3 is 1. The maximum absolute atomic E-state index is 11.3. The molecular weight excluding hydrogens is 205 g/mol. The fraction of sp³-hybridized carbons (Fsp3) is 0.250. The molecule has 6 heteroatoms. The predicted octanol–water partition coefficient (Wildman–Crippen LogP) is 1.67. The van der Waals surface area contributed by atoms with Gasteiger partial charge in [-0.1, -0.05) is 12.1 Å². The van der Waals surface area contributed by atoms with Crippen LogP contribution in [0, 0.1) is 0 Å². The van der Waals surface area contributed by atoms with Crippen LogP contribution < -0.4 is 14.8 Å². The maximum atomic E-state index is 11.3. The molecule has 76 valence electrons. The first-order valence-electron chi connectivity index (χ1n) is 4.01. The van der Waals surface area contributed by atoms with Gasteiger partial charge in [0.15, 0.2) is 11.5 Å². The first-order valence-corrected chi connectivity index (χ1v) is 5.62. The number of benzene rings is 1. The van der Waals surface area contributed by atoms with E-state index in [4.69, 9.17) is 19.3 Å². The molecule has 2 rings (SSSR count). The van der Waals surface area contributed by atoms with Gasteiger partial charge < -0.3 is 9.26 Å². The third kappa shape index (κ3) is 1.62. The van der Waals surface area contributed by atoms with Crippen LogP contribution in [0.15, 0.2) is 18.2 Å². The molecule has 0 radical (unpaired) electrons. The van der Waals surface area contributed by atoms with Crippen LogP contribution in [-0.4, -0.2) is 7.11 Å². The molecule has 1 aliphatic rings. The summed E-state index contributed by atoms with van der Waals surface area (Å²) < 4.78 is 26.3. The first kappa shape index (κ1) is 9.52. The monoisotopic (exact) mass is 215 g/mol. The lowest BCUT2D eigenvalue weighted by Crippen LogP contribution is -2.13. The first-order chi connectivity index (χ1) is 6.62. The van der Waals surface area contributed by atoms with Crippen molar-refractivity contribution in [1.82, 2.24) is 0 Å². The Morgan fingerprint density at radius 3 is 3.07 bits per heavy atom. The minimum atomic E-state index is -3.44. The van der Waals surface area contributed by atoms with Crippen molar-refractivity contribution in [2.45, 2.75) is 6.61 Å². The molecule has 1 aromatic rings. The Balaban J connectivity index is 2.48. The molecule has 5 nitrogen and oxygen atoms in total. The smallest absolute Gasteiger partial charge is 0.456 e. The van der Waals surface area contributed by atoms with Crippen LogP contribution in [0.2, 0.25) is 0 Å². The number of ether oxygens (including phenoxy) is 1. The van der Waals surface area contributed by atoms with Crippen LogP contribution in [0.4, 0.5) is 0 Å². The van der Waals surface area contributed by atoms with E-state index < -0.39 is 7.75 Å². The molecule has 0 amide bonds. The normalized spacial score (nSPS) is 25.0. The minimum absolute atomic E-state index is 0.181. The van der Waals surface area contributed by atoms with Crippen molar-refractivity contribution in [1.29, 1.82) is 0 Å². The highest BCUT2D eigenvalue weighted by Crippen LogP contribution is 2.50. The zero-order valence-electron chi connectivity index (χ0n) is 7.60. The number of nitrogens with two attached hydrogens (primary N) is 1. The van der Waals surface area contributed by atoms with E-state index in [1.54, 1.807) is 18.2 Å². The lowest BCUT2D eigenvalue weighted by molar-refractivity contribution is 0.227. The van der Waals surface area contributed by atoms with Gasteiger partial charge in [-0.25, -0.2) is 10.1 Å². The van der Waals surface area contributed by atoms with Crippen LogP contribution in [-0.2, 0) is 15.7 Å². The molecule has 0 aliphatic carbocycles. The van der Waals surface area contributed by atoms with Gasteiger partial charge in [-0.3, -0.25) is 4.52 Å². The van der Waals surface area contributed by atoms with E-state index in [1.807, 2.05) is 0 Å². The summed E-state index contributed by atoms with van der Waals surface area (Å²) in [6.45, 7) is 0.181. The summed E-state index contributed by atoms with van der Waals surface area (Å²) >= 11 is 0. The summed E-state index contributed by atoms with van der Waals surface area (Å²) in [6.07, 6.45) is 0. The van der Waals surface area contributed by atoms with Gasteiger partial charge in [-0.15, -0.1) is 0 Å². The van der Waals surface area contributed by atoms with E-state index >= 15 is 0 Å². The summed E-state index contributed by atoms with van der Waals surface area (Å²) in [4.78, 5) is 0. The van der Waals surface area contributed by atoms with Gasteiger partial charge in [0.25, 0.3) is 0 Å². The van der Waals surface area contributed by atoms with Crippen LogP contribution in [0.25, 0.3) is 0 Å². The Kier molecular flexibility index (Phi) is 2.23. The number of hydrogen-bond acceptors (Lipinski definition) is 4. The zero-order valence-corrected chi connectivity index (χ0v) is 8.49. The van der Waals surface area contributed by atoms with E-state index in [0.29, 0.717) is 11.5 Å². The molecule has 0 spiro atoms. The standard InChI is InChI=1S/C8H10NO4P/c1-11-7-4-2-3-6-5-12-14(9,10)13-8(6)7/h2-4H,5H2,1H3,(H2,9,10). The number of fused-ring (bicyclic) bond motifs is 1. The molecule has 1 unspecified atom stereocenters. The molecule has 0 saturated heterocycles. The molecule has 1 aliphatic heterocycles. The second-order valence-electron chi connectivity index (χ2n) is 2.85. The number of hydrogen-bond donors (Lipinski definition) is 1. The molecule has 14 heavy (non-hydrogen) atoms. The zero-order chi connectivity index (χ0) is 10.2. The Morgan fingerprint density at radius 1 is 1.57 bits per heavy atom.